The average Bonchev–Trinajstić information content (AvgIpc) is 3.33. The SMILES string of the molecule is CC.Cc1nc(Oc2ccc(S(=O)NCC(F)(F)F)c3ccccc23)c(-c2ccnc(NC3CCCNC3)n2)s1. The molecule has 3 heterocycles. The van der Waals surface area contributed by atoms with Crippen molar-refractivity contribution in [3.05, 3.63) is 53.7 Å². The van der Waals surface area contributed by atoms with E-state index in [0.717, 1.165) is 35.8 Å². The van der Waals surface area contributed by atoms with Gasteiger partial charge in [-0.1, -0.05) is 38.1 Å². The van der Waals surface area contributed by atoms with Crippen molar-refractivity contribution < 1.29 is 22.1 Å². The summed E-state index contributed by atoms with van der Waals surface area (Å²) in [5.74, 6) is 1.31. The number of hydrogen-bond acceptors (Lipinski definition) is 8. The van der Waals surface area contributed by atoms with E-state index in [0.29, 0.717) is 34.0 Å². The van der Waals surface area contributed by atoms with Crippen LogP contribution in [-0.4, -0.2) is 51.0 Å². The van der Waals surface area contributed by atoms with Crippen LogP contribution >= 0.6 is 11.3 Å². The zero-order valence-corrected chi connectivity index (χ0v) is 24.0. The molecule has 1 aliphatic heterocycles. The third-order valence-corrected chi connectivity index (χ3v) is 8.01. The van der Waals surface area contributed by atoms with Crippen molar-refractivity contribution in [3.63, 3.8) is 0 Å². The Morgan fingerprint density at radius 2 is 1.90 bits per heavy atom. The van der Waals surface area contributed by atoms with Crippen LogP contribution in [0.5, 0.6) is 11.6 Å². The number of ether oxygens (including phenoxy) is 1. The fourth-order valence-corrected chi connectivity index (χ4v) is 6.01. The van der Waals surface area contributed by atoms with Gasteiger partial charge in [0.05, 0.1) is 15.6 Å². The van der Waals surface area contributed by atoms with Crippen LogP contribution in [0.3, 0.4) is 0 Å². The minimum absolute atomic E-state index is 0.232. The number of aryl methyl sites for hydroxylation is 1. The Bertz CT molecular complexity index is 1460. The van der Waals surface area contributed by atoms with Crippen LogP contribution < -0.4 is 20.1 Å². The molecule has 3 N–H and O–H groups in total. The Morgan fingerprint density at radius 1 is 1.12 bits per heavy atom. The molecule has 214 valence electrons. The molecule has 2 aromatic heterocycles. The number of fused-ring (bicyclic) bond motifs is 1. The smallest absolute Gasteiger partial charge is 0.402 e. The molecule has 8 nitrogen and oxygen atoms in total. The van der Waals surface area contributed by atoms with Crippen molar-refractivity contribution >= 4 is 39.0 Å². The lowest BCUT2D eigenvalue weighted by atomic mass is 10.1. The summed E-state index contributed by atoms with van der Waals surface area (Å²) < 4.78 is 58.8. The van der Waals surface area contributed by atoms with Gasteiger partial charge in [-0.2, -0.15) is 13.2 Å². The van der Waals surface area contributed by atoms with Gasteiger partial charge in [0.25, 0.3) is 0 Å². The maximum Gasteiger partial charge on any atom is 0.402 e. The summed E-state index contributed by atoms with van der Waals surface area (Å²) >= 11 is 1.43. The molecule has 0 spiro atoms. The van der Waals surface area contributed by atoms with E-state index in [-0.39, 0.29) is 10.9 Å². The Labute approximate surface area is 237 Å². The van der Waals surface area contributed by atoms with Gasteiger partial charge in [0.1, 0.15) is 28.2 Å². The lowest BCUT2D eigenvalue weighted by Gasteiger charge is -2.23. The van der Waals surface area contributed by atoms with Crippen LogP contribution in [0.25, 0.3) is 21.3 Å². The number of nitrogens with zero attached hydrogens (tertiary/aromatic N) is 3. The van der Waals surface area contributed by atoms with Crippen molar-refractivity contribution in [2.75, 3.05) is 25.0 Å². The highest BCUT2D eigenvalue weighted by molar-refractivity contribution is 7.83. The Kier molecular flexibility index (Phi) is 10.1. The second-order valence-electron chi connectivity index (χ2n) is 8.73. The van der Waals surface area contributed by atoms with Crippen molar-refractivity contribution in [1.29, 1.82) is 0 Å². The monoisotopic (exact) mass is 592 g/mol. The Balaban J connectivity index is 0.00000181. The molecule has 5 rings (SSSR count). The van der Waals surface area contributed by atoms with Crippen molar-refractivity contribution in [2.24, 2.45) is 0 Å². The highest BCUT2D eigenvalue weighted by Crippen LogP contribution is 2.40. The number of aromatic nitrogens is 3. The molecular formula is C27H31F3N6O2S2. The number of hydrogen-bond donors (Lipinski definition) is 3. The number of thiazole rings is 1. The van der Waals surface area contributed by atoms with Gasteiger partial charge in [-0.05, 0) is 44.5 Å². The van der Waals surface area contributed by atoms with Crippen LogP contribution in [0, 0.1) is 6.92 Å². The van der Waals surface area contributed by atoms with E-state index in [1.807, 2.05) is 25.5 Å². The second kappa shape index (κ2) is 13.5. The first-order valence-electron chi connectivity index (χ1n) is 13.0. The number of rotatable bonds is 8. The van der Waals surface area contributed by atoms with Gasteiger partial charge in [0.2, 0.25) is 11.8 Å². The first-order valence-corrected chi connectivity index (χ1v) is 14.9. The van der Waals surface area contributed by atoms with E-state index in [9.17, 15) is 17.4 Å². The number of alkyl halides is 3. The van der Waals surface area contributed by atoms with Crippen molar-refractivity contribution in [3.8, 4) is 22.2 Å². The van der Waals surface area contributed by atoms with Crippen LogP contribution in [-0.2, 0) is 11.0 Å². The first kappa shape index (κ1) is 29.8. The Morgan fingerprint density at radius 3 is 2.62 bits per heavy atom. The predicted molar refractivity (Wildman–Crippen MR) is 153 cm³/mol. The Hall–Kier alpha value is -3.13. The molecule has 2 atom stereocenters. The minimum Gasteiger partial charge on any atom is -0.437 e. The number of anilines is 1. The molecule has 1 saturated heterocycles. The number of nitrogens with one attached hydrogen (secondary N) is 3. The first-order chi connectivity index (χ1) is 19.3. The highest BCUT2D eigenvalue weighted by Gasteiger charge is 2.28. The van der Waals surface area contributed by atoms with Gasteiger partial charge in [0, 0.05) is 29.6 Å². The van der Waals surface area contributed by atoms with E-state index in [2.05, 4.69) is 20.6 Å². The maximum atomic E-state index is 12.6. The van der Waals surface area contributed by atoms with E-state index in [4.69, 9.17) is 9.72 Å². The topological polar surface area (TPSA) is 101 Å². The fourth-order valence-electron chi connectivity index (χ4n) is 4.17. The third-order valence-electron chi connectivity index (χ3n) is 5.88. The molecule has 0 amide bonds. The van der Waals surface area contributed by atoms with Crippen LogP contribution in [0.15, 0.2) is 53.6 Å². The summed E-state index contributed by atoms with van der Waals surface area (Å²) in [5.41, 5.74) is 0.658. The normalized spacial score (nSPS) is 16.2. The van der Waals surface area contributed by atoms with Gasteiger partial charge in [-0.25, -0.2) is 23.9 Å². The maximum absolute atomic E-state index is 12.6. The molecule has 0 bridgehead atoms. The molecule has 1 aliphatic rings. The largest absolute Gasteiger partial charge is 0.437 e. The fraction of sp³-hybridized carbons (Fsp3) is 0.370. The molecule has 0 radical (unpaired) electrons. The van der Waals surface area contributed by atoms with Gasteiger partial charge >= 0.3 is 6.18 Å². The summed E-state index contributed by atoms with van der Waals surface area (Å²) in [6, 6.07) is 12.1. The average molecular weight is 593 g/mol. The number of piperidine rings is 1. The molecule has 13 heteroatoms. The molecule has 0 aliphatic carbocycles. The summed E-state index contributed by atoms with van der Waals surface area (Å²) in [6.45, 7) is 6.36. The van der Waals surface area contributed by atoms with Crippen LogP contribution in [0.1, 0.15) is 31.7 Å². The van der Waals surface area contributed by atoms with Crippen LogP contribution in [0.2, 0.25) is 0 Å². The summed E-state index contributed by atoms with van der Waals surface area (Å²) in [6.07, 6.45) is -0.666. The summed E-state index contributed by atoms with van der Waals surface area (Å²) in [7, 11) is -2.06. The van der Waals surface area contributed by atoms with Gasteiger partial charge in [0.15, 0.2) is 0 Å². The van der Waals surface area contributed by atoms with Gasteiger partial charge in [-0.3, -0.25) is 0 Å². The van der Waals surface area contributed by atoms with E-state index in [1.165, 1.54) is 17.4 Å². The van der Waals surface area contributed by atoms with E-state index in [1.54, 1.807) is 42.6 Å². The molecule has 1 fully saturated rings. The highest BCUT2D eigenvalue weighted by atomic mass is 32.2. The van der Waals surface area contributed by atoms with E-state index >= 15 is 0 Å². The molecular weight excluding hydrogens is 561 g/mol. The quantitative estimate of drug-likeness (QED) is 0.223. The molecule has 2 unspecified atom stereocenters. The molecule has 40 heavy (non-hydrogen) atoms. The molecule has 2 aromatic carbocycles. The summed E-state index contributed by atoms with van der Waals surface area (Å²) in [5, 5.41) is 8.63. The second-order valence-corrected chi connectivity index (χ2v) is 11.2. The lowest BCUT2D eigenvalue weighted by Crippen LogP contribution is -2.38. The number of halogens is 3. The minimum atomic E-state index is -4.48. The molecule has 4 aromatic rings. The van der Waals surface area contributed by atoms with Gasteiger partial charge < -0.3 is 15.4 Å². The summed E-state index contributed by atoms with van der Waals surface area (Å²) in [4.78, 5) is 14.6. The van der Waals surface area contributed by atoms with Crippen LogP contribution in [0.4, 0.5) is 19.1 Å². The van der Waals surface area contributed by atoms with Crippen molar-refractivity contribution in [2.45, 2.75) is 50.7 Å². The number of benzene rings is 2. The van der Waals surface area contributed by atoms with Crippen molar-refractivity contribution in [1.82, 2.24) is 25.0 Å². The standard InChI is InChI=1S/C25H25F3N6O2S2.C2H6/c1-15-32-23(22(37-15)19-10-12-30-24(34-19)33-16-5-4-11-29-13-16)36-20-8-9-21(18-7-3-2-6-17(18)20)38(35)31-14-25(26,27)28;1-2/h2-3,6-10,12,16,29,31H,4-5,11,13-14H2,1H3,(H,30,33,34);1-2H3. The lowest BCUT2D eigenvalue weighted by molar-refractivity contribution is -0.121. The predicted octanol–water partition coefficient (Wildman–Crippen LogP) is 6.22. The van der Waals surface area contributed by atoms with E-state index < -0.39 is 23.7 Å². The molecule has 0 saturated carbocycles. The third kappa shape index (κ3) is 7.53. The zero-order valence-electron chi connectivity index (χ0n) is 22.3. The zero-order chi connectivity index (χ0) is 28.7. The van der Waals surface area contributed by atoms with Gasteiger partial charge in [-0.15, -0.1) is 11.3 Å².